The van der Waals surface area contributed by atoms with Gasteiger partial charge in [0.05, 0.1) is 15.4 Å². The van der Waals surface area contributed by atoms with Crippen molar-refractivity contribution in [1.29, 1.82) is 0 Å². The number of anilines is 1. The lowest BCUT2D eigenvalue weighted by atomic mass is 10.2. The number of carbonyl (C=O) groups is 2. The molecule has 0 radical (unpaired) electrons. The van der Waals surface area contributed by atoms with E-state index in [4.69, 9.17) is 0 Å². The Morgan fingerprint density at radius 2 is 1.70 bits per heavy atom. The van der Waals surface area contributed by atoms with Crippen LogP contribution >= 0.6 is 11.3 Å². The number of hydrogen-bond acceptors (Lipinski definition) is 5. The lowest BCUT2D eigenvalue weighted by Gasteiger charge is -2.10. The van der Waals surface area contributed by atoms with Crippen molar-refractivity contribution in [3.63, 3.8) is 0 Å². The molecule has 7 nitrogen and oxygen atoms in total. The van der Waals surface area contributed by atoms with E-state index < -0.39 is 0 Å². The van der Waals surface area contributed by atoms with E-state index in [1.165, 1.54) is 30.5 Å². The molecule has 4 rings (SSSR count). The van der Waals surface area contributed by atoms with Crippen LogP contribution in [0.2, 0.25) is 0 Å². The quantitative estimate of drug-likeness (QED) is 0.710. The summed E-state index contributed by atoms with van der Waals surface area (Å²) in [7, 11) is 0. The largest absolute Gasteiger partial charge is 0.349 e. The van der Waals surface area contributed by atoms with Crippen LogP contribution in [-0.2, 0) is 0 Å². The number of hydrogen-bond donors (Lipinski definition) is 2. The van der Waals surface area contributed by atoms with Crippen LogP contribution in [0.25, 0.3) is 5.69 Å². The van der Waals surface area contributed by atoms with E-state index in [0.717, 1.165) is 18.5 Å². The molecule has 0 bridgehead atoms. The second kappa shape index (κ2) is 7.71. The van der Waals surface area contributed by atoms with Crippen molar-refractivity contribution in [1.82, 2.24) is 20.1 Å². The molecule has 2 heterocycles. The van der Waals surface area contributed by atoms with E-state index in [0.29, 0.717) is 15.4 Å². The maximum absolute atomic E-state index is 12.4. The molecule has 0 spiro atoms. The minimum atomic E-state index is -0.228. The minimum absolute atomic E-state index is 0.0943. The van der Waals surface area contributed by atoms with Crippen LogP contribution in [-0.4, -0.2) is 32.6 Å². The summed E-state index contributed by atoms with van der Waals surface area (Å²) in [4.78, 5) is 29.7. The summed E-state index contributed by atoms with van der Waals surface area (Å²) in [5.41, 5.74) is 1.53. The van der Waals surface area contributed by atoms with Crippen molar-refractivity contribution in [3.05, 3.63) is 58.8 Å². The van der Waals surface area contributed by atoms with Gasteiger partial charge in [0, 0.05) is 11.7 Å². The highest BCUT2D eigenvalue weighted by molar-refractivity contribution is 7.16. The molecule has 2 aromatic heterocycles. The number of amides is 2. The summed E-state index contributed by atoms with van der Waals surface area (Å²) < 4.78 is 1.64. The first kappa shape index (κ1) is 17.4. The predicted octanol–water partition coefficient (Wildman–Crippen LogP) is 3.25. The fourth-order valence-corrected chi connectivity index (χ4v) is 3.94. The van der Waals surface area contributed by atoms with Gasteiger partial charge in [-0.25, -0.2) is 9.67 Å². The molecular weight excluding hydrogens is 362 g/mol. The van der Waals surface area contributed by atoms with E-state index in [1.54, 1.807) is 35.3 Å². The van der Waals surface area contributed by atoms with Crippen molar-refractivity contribution in [3.8, 4) is 5.69 Å². The average Bonchev–Trinajstić information content (AvgIpc) is 3.44. The number of nitrogens with zero attached hydrogens (tertiary/aromatic N) is 3. The maximum Gasteiger partial charge on any atom is 0.265 e. The Morgan fingerprint density at radius 3 is 2.37 bits per heavy atom. The zero-order valence-corrected chi connectivity index (χ0v) is 15.4. The normalized spacial score (nSPS) is 14.2. The van der Waals surface area contributed by atoms with Gasteiger partial charge < -0.3 is 10.6 Å². The molecule has 8 heteroatoms. The second-order valence-electron chi connectivity index (χ2n) is 6.46. The Balaban J connectivity index is 1.38. The lowest BCUT2D eigenvalue weighted by molar-refractivity contribution is 0.0941. The van der Waals surface area contributed by atoms with E-state index in [-0.39, 0.29) is 17.9 Å². The first-order valence-corrected chi connectivity index (χ1v) is 9.68. The summed E-state index contributed by atoms with van der Waals surface area (Å²) in [6, 6.07) is 11.0. The summed E-state index contributed by atoms with van der Waals surface area (Å²) in [5.74, 6) is -0.323. The number of rotatable bonds is 5. The molecule has 0 atom stereocenters. The molecule has 1 aliphatic rings. The summed E-state index contributed by atoms with van der Waals surface area (Å²) >= 11 is 1.21. The molecule has 0 saturated heterocycles. The van der Waals surface area contributed by atoms with Gasteiger partial charge in [0.1, 0.15) is 12.7 Å². The highest BCUT2D eigenvalue weighted by atomic mass is 32.1. The van der Waals surface area contributed by atoms with Gasteiger partial charge in [0.25, 0.3) is 11.8 Å². The molecule has 2 N–H and O–H groups in total. The molecule has 2 amide bonds. The molecule has 0 unspecified atom stereocenters. The van der Waals surface area contributed by atoms with Crippen LogP contribution < -0.4 is 10.6 Å². The standard InChI is InChI=1S/C19H19N5O2S/c25-18(22-13-3-1-2-4-13)16-9-10-17(27-16)19(26)23-14-5-7-15(8-6-14)24-12-20-11-21-24/h5-13H,1-4H2,(H,22,25)(H,23,26). The van der Waals surface area contributed by atoms with Crippen molar-refractivity contribution in [2.24, 2.45) is 0 Å². The van der Waals surface area contributed by atoms with Crippen molar-refractivity contribution < 1.29 is 9.59 Å². The summed E-state index contributed by atoms with van der Waals surface area (Å²) in [6.07, 6.45) is 7.48. The van der Waals surface area contributed by atoms with E-state index in [9.17, 15) is 9.59 Å². The zero-order chi connectivity index (χ0) is 18.6. The predicted molar refractivity (Wildman–Crippen MR) is 103 cm³/mol. The van der Waals surface area contributed by atoms with Gasteiger partial charge in [-0.15, -0.1) is 11.3 Å². The topological polar surface area (TPSA) is 88.9 Å². The third kappa shape index (κ3) is 4.06. The zero-order valence-electron chi connectivity index (χ0n) is 14.6. The number of nitrogens with one attached hydrogen (secondary N) is 2. The average molecular weight is 381 g/mol. The highest BCUT2D eigenvalue weighted by Crippen LogP contribution is 2.22. The molecule has 138 valence electrons. The lowest BCUT2D eigenvalue weighted by Crippen LogP contribution is -2.31. The molecule has 1 aliphatic carbocycles. The van der Waals surface area contributed by atoms with Crippen molar-refractivity contribution in [2.45, 2.75) is 31.7 Å². The Hall–Kier alpha value is -3.00. The summed E-state index contributed by atoms with van der Waals surface area (Å²) in [5, 5.41) is 9.96. The van der Waals surface area contributed by atoms with Crippen LogP contribution in [0.3, 0.4) is 0 Å². The molecule has 27 heavy (non-hydrogen) atoms. The van der Waals surface area contributed by atoms with Crippen LogP contribution in [0.4, 0.5) is 5.69 Å². The minimum Gasteiger partial charge on any atom is -0.349 e. The van der Waals surface area contributed by atoms with E-state index in [2.05, 4.69) is 20.7 Å². The first-order chi connectivity index (χ1) is 13.2. The SMILES string of the molecule is O=C(Nc1ccc(-n2cncn2)cc1)c1ccc(C(=O)NC2CCCC2)s1. The molecule has 1 aromatic carbocycles. The Kier molecular flexibility index (Phi) is 4.97. The van der Waals surface area contributed by atoms with Gasteiger partial charge in [0.15, 0.2) is 0 Å². The van der Waals surface area contributed by atoms with Crippen molar-refractivity contribution >= 4 is 28.8 Å². The van der Waals surface area contributed by atoms with Crippen LogP contribution in [0.15, 0.2) is 49.1 Å². The van der Waals surface area contributed by atoms with Crippen LogP contribution in [0.1, 0.15) is 45.0 Å². The monoisotopic (exact) mass is 381 g/mol. The molecule has 3 aromatic rings. The van der Waals surface area contributed by atoms with E-state index >= 15 is 0 Å². The number of benzene rings is 1. The summed E-state index contributed by atoms with van der Waals surface area (Å²) in [6.45, 7) is 0. The highest BCUT2D eigenvalue weighted by Gasteiger charge is 2.20. The van der Waals surface area contributed by atoms with Gasteiger partial charge in [-0.05, 0) is 49.2 Å². The van der Waals surface area contributed by atoms with Gasteiger partial charge in [-0.2, -0.15) is 5.10 Å². The van der Waals surface area contributed by atoms with Gasteiger partial charge in [-0.1, -0.05) is 12.8 Å². The molecule has 1 saturated carbocycles. The maximum atomic E-state index is 12.4. The molecule has 1 fully saturated rings. The van der Waals surface area contributed by atoms with Crippen LogP contribution in [0.5, 0.6) is 0 Å². The molecular formula is C19H19N5O2S. The van der Waals surface area contributed by atoms with Crippen LogP contribution in [0, 0.1) is 0 Å². The van der Waals surface area contributed by atoms with Crippen molar-refractivity contribution in [2.75, 3.05) is 5.32 Å². The van der Waals surface area contributed by atoms with Gasteiger partial charge in [0.2, 0.25) is 0 Å². The Labute approximate surface area is 160 Å². The third-order valence-corrected chi connectivity index (χ3v) is 5.64. The van der Waals surface area contributed by atoms with Gasteiger partial charge >= 0.3 is 0 Å². The van der Waals surface area contributed by atoms with Gasteiger partial charge in [-0.3, -0.25) is 9.59 Å². The number of thiophene rings is 1. The smallest absolute Gasteiger partial charge is 0.265 e. The fourth-order valence-electron chi connectivity index (χ4n) is 3.14. The third-order valence-electron chi connectivity index (χ3n) is 4.55. The Bertz CT molecular complexity index is 927. The molecule has 0 aliphatic heterocycles. The fraction of sp³-hybridized carbons (Fsp3) is 0.263. The first-order valence-electron chi connectivity index (χ1n) is 8.86. The Morgan fingerprint density at radius 1 is 1.00 bits per heavy atom. The second-order valence-corrected chi connectivity index (χ2v) is 7.54. The number of carbonyl (C=O) groups excluding carboxylic acids is 2. The number of aromatic nitrogens is 3. The van der Waals surface area contributed by atoms with E-state index in [1.807, 2.05) is 12.1 Å².